The van der Waals surface area contributed by atoms with E-state index in [1.165, 1.54) is 26.0 Å². The molecule has 0 bridgehead atoms. The smallest absolute Gasteiger partial charge is 0.310 e. The molecule has 2 rings (SSSR count). The number of nitrogens with zero attached hydrogens (tertiary/aromatic N) is 1. The summed E-state index contributed by atoms with van der Waals surface area (Å²) >= 11 is 3.02. The minimum Gasteiger partial charge on any atom is -0.469 e. The number of thiazole rings is 1. The lowest BCUT2D eigenvalue weighted by Gasteiger charge is -2.11. The number of carbonyl (C=O) groups excluding carboxylic acids is 2. The van der Waals surface area contributed by atoms with Crippen LogP contribution in [-0.4, -0.2) is 36.9 Å². The normalized spacial score (nSPS) is 12.1. The molecule has 1 atom stereocenters. The summed E-state index contributed by atoms with van der Waals surface area (Å²) in [6.07, 6.45) is 0.0149. The van der Waals surface area contributed by atoms with Crippen LogP contribution < -0.4 is 0 Å². The Kier molecular flexibility index (Phi) is 5.58. The Labute approximate surface area is 130 Å². The SMILES string of the molecule is COC(=O)CC(CSc1nc2ccccc2s1)C(=O)OC. The number of rotatable bonds is 6. The molecule has 0 aliphatic rings. The van der Waals surface area contributed by atoms with E-state index in [9.17, 15) is 9.59 Å². The topological polar surface area (TPSA) is 65.5 Å². The second kappa shape index (κ2) is 7.42. The number of methoxy groups -OCH3 is 2. The van der Waals surface area contributed by atoms with E-state index in [4.69, 9.17) is 4.74 Å². The van der Waals surface area contributed by atoms with Crippen molar-refractivity contribution in [1.82, 2.24) is 4.98 Å². The zero-order chi connectivity index (χ0) is 15.2. The predicted molar refractivity (Wildman–Crippen MR) is 82.5 cm³/mol. The number of fused-ring (bicyclic) bond motifs is 1. The van der Waals surface area contributed by atoms with E-state index >= 15 is 0 Å². The monoisotopic (exact) mass is 325 g/mol. The van der Waals surface area contributed by atoms with Gasteiger partial charge < -0.3 is 9.47 Å². The average molecular weight is 325 g/mol. The minimum atomic E-state index is -0.528. The third-order valence-electron chi connectivity index (χ3n) is 2.86. The molecule has 0 radical (unpaired) electrons. The number of carbonyl (C=O) groups is 2. The highest BCUT2D eigenvalue weighted by molar-refractivity contribution is 8.01. The summed E-state index contributed by atoms with van der Waals surface area (Å²) in [6, 6.07) is 7.85. The second-order valence-corrected chi connectivity index (χ2v) is 6.56. The maximum Gasteiger partial charge on any atom is 0.310 e. The van der Waals surface area contributed by atoms with Gasteiger partial charge in [0.25, 0.3) is 0 Å². The largest absolute Gasteiger partial charge is 0.469 e. The molecule has 21 heavy (non-hydrogen) atoms. The van der Waals surface area contributed by atoms with Crippen LogP contribution in [0.4, 0.5) is 0 Å². The average Bonchev–Trinajstić information content (AvgIpc) is 2.93. The number of thioether (sulfide) groups is 1. The maximum atomic E-state index is 11.7. The van der Waals surface area contributed by atoms with E-state index < -0.39 is 17.9 Å². The molecule has 0 spiro atoms. The van der Waals surface area contributed by atoms with Gasteiger partial charge in [-0.1, -0.05) is 23.9 Å². The summed E-state index contributed by atoms with van der Waals surface area (Å²) in [7, 11) is 2.62. The van der Waals surface area contributed by atoms with Gasteiger partial charge in [-0.25, -0.2) is 4.98 Å². The summed E-state index contributed by atoms with van der Waals surface area (Å²) in [5.74, 6) is -0.925. The number of esters is 2. The number of aromatic nitrogens is 1. The van der Waals surface area contributed by atoms with Gasteiger partial charge in [0.15, 0.2) is 4.34 Å². The van der Waals surface area contributed by atoms with Gasteiger partial charge in [-0.15, -0.1) is 11.3 Å². The van der Waals surface area contributed by atoms with Gasteiger partial charge in [0.05, 0.1) is 36.8 Å². The molecule has 0 saturated heterocycles. The van der Waals surface area contributed by atoms with Gasteiger partial charge in [0.2, 0.25) is 0 Å². The Morgan fingerprint density at radius 3 is 2.71 bits per heavy atom. The molecule has 0 aliphatic heterocycles. The number of para-hydroxylation sites is 1. The van der Waals surface area contributed by atoms with Crippen molar-refractivity contribution in [3.63, 3.8) is 0 Å². The summed E-state index contributed by atoms with van der Waals surface area (Å²) in [5.41, 5.74) is 0.938. The van der Waals surface area contributed by atoms with Gasteiger partial charge in [-0.05, 0) is 12.1 Å². The molecule has 5 nitrogen and oxygen atoms in total. The Bertz CT molecular complexity index is 608. The van der Waals surface area contributed by atoms with E-state index in [-0.39, 0.29) is 6.42 Å². The first kappa shape index (κ1) is 15.8. The molecular formula is C14H15NO4S2. The zero-order valence-electron chi connectivity index (χ0n) is 11.7. The molecule has 7 heteroatoms. The minimum absolute atomic E-state index is 0.0149. The molecular weight excluding hydrogens is 310 g/mol. The van der Waals surface area contributed by atoms with Crippen molar-refractivity contribution in [1.29, 1.82) is 0 Å². The molecule has 0 amide bonds. The van der Waals surface area contributed by atoms with Crippen LogP contribution in [0, 0.1) is 5.92 Å². The molecule has 1 heterocycles. The first-order valence-corrected chi connectivity index (χ1v) is 8.07. The predicted octanol–water partition coefficient (Wildman–Crippen LogP) is 2.74. The zero-order valence-corrected chi connectivity index (χ0v) is 13.3. The van der Waals surface area contributed by atoms with Gasteiger partial charge in [0.1, 0.15) is 0 Å². The van der Waals surface area contributed by atoms with E-state index in [0.29, 0.717) is 5.75 Å². The lowest BCUT2D eigenvalue weighted by Crippen LogP contribution is -2.22. The lowest BCUT2D eigenvalue weighted by atomic mass is 10.1. The standard InChI is InChI=1S/C14H15NO4S2/c1-18-12(16)7-9(13(17)19-2)8-20-14-15-10-5-3-4-6-11(10)21-14/h3-6,9H,7-8H2,1-2H3. The fourth-order valence-electron chi connectivity index (χ4n) is 1.75. The fraction of sp³-hybridized carbons (Fsp3) is 0.357. The van der Waals surface area contributed by atoms with Gasteiger partial charge in [0, 0.05) is 5.75 Å². The van der Waals surface area contributed by atoms with Crippen molar-refractivity contribution in [3.05, 3.63) is 24.3 Å². The number of benzene rings is 1. The lowest BCUT2D eigenvalue weighted by molar-refractivity contribution is -0.151. The maximum absolute atomic E-state index is 11.7. The molecule has 2 aromatic rings. The van der Waals surface area contributed by atoms with Crippen molar-refractivity contribution in [3.8, 4) is 0 Å². The van der Waals surface area contributed by atoms with Crippen LogP contribution in [0.25, 0.3) is 10.2 Å². The quantitative estimate of drug-likeness (QED) is 0.601. The molecule has 1 aromatic carbocycles. The van der Waals surface area contributed by atoms with Crippen LogP contribution in [0.3, 0.4) is 0 Å². The molecule has 1 aromatic heterocycles. The van der Waals surface area contributed by atoms with Crippen molar-refractivity contribution >= 4 is 45.3 Å². The van der Waals surface area contributed by atoms with E-state index in [1.54, 1.807) is 11.3 Å². The van der Waals surface area contributed by atoms with Crippen LogP contribution in [0.5, 0.6) is 0 Å². The third-order valence-corrected chi connectivity index (χ3v) is 5.20. The van der Waals surface area contributed by atoms with Crippen LogP contribution in [0.15, 0.2) is 28.6 Å². The molecule has 0 N–H and O–H groups in total. The molecule has 0 aliphatic carbocycles. The van der Waals surface area contributed by atoms with Crippen LogP contribution >= 0.6 is 23.1 Å². The van der Waals surface area contributed by atoms with Crippen LogP contribution in [-0.2, 0) is 19.1 Å². The van der Waals surface area contributed by atoms with Crippen molar-refractivity contribution < 1.29 is 19.1 Å². The molecule has 1 unspecified atom stereocenters. The number of ether oxygens (including phenoxy) is 2. The van der Waals surface area contributed by atoms with Crippen molar-refractivity contribution in [2.45, 2.75) is 10.8 Å². The third kappa shape index (κ3) is 4.18. The highest BCUT2D eigenvalue weighted by atomic mass is 32.2. The first-order valence-electron chi connectivity index (χ1n) is 6.27. The number of hydrogen-bond donors (Lipinski definition) is 0. The molecule has 0 saturated carbocycles. The van der Waals surface area contributed by atoms with Gasteiger partial charge in [-0.2, -0.15) is 0 Å². The Morgan fingerprint density at radius 1 is 1.29 bits per heavy atom. The van der Waals surface area contributed by atoms with Crippen molar-refractivity contribution in [2.24, 2.45) is 5.92 Å². The van der Waals surface area contributed by atoms with Crippen LogP contribution in [0.2, 0.25) is 0 Å². The Morgan fingerprint density at radius 2 is 2.05 bits per heavy atom. The Hall–Kier alpha value is -1.60. The second-order valence-electron chi connectivity index (χ2n) is 4.26. The highest BCUT2D eigenvalue weighted by Gasteiger charge is 2.24. The van der Waals surface area contributed by atoms with E-state index in [1.807, 2.05) is 24.3 Å². The summed E-state index contributed by atoms with van der Waals surface area (Å²) in [6.45, 7) is 0. The van der Waals surface area contributed by atoms with Gasteiger partial charge >= 0.3 is 11.9 Å². The van der Waals surface area contributed by atoms with E-state index in [2.05, 4.69) is 9.72 Å². The van der Waals surface area contributed by atoms with Crippen molar-refractivity contribution in [2.75, 3.05) is 20.0 Å². The highest BCUT2D eigenvalue weighted by Crippen LogP contribution is 2.31. The molecule has 112 valence electrons. The Balaban J connectivity index is 2.03. The summed E-state index contributed by atoms with van der Waals surface area (Å²) in [5, 5.41) is 0. The summed E-state index contributed by atoms with van der Waals surface area (Å²) in [4.78, 5) is 27.5. The van der Waals surface area contributed by atoms with Crippen LogP contribution in [0.1, 0.15) is 6.42 Å². The van der Waals surface area contributed by atoms with Gasteiger partial charge in [-0.3, -0.25) is 9.59 Å². The summed E-state index contributed by atoms with van der Waals surface area (Å²) < 4.78 is 11.3. The number of hydrogen-bond acceptors (Lipinski definition) is 7. The molecule has 0 fully saturated rings. The first-order chi connectivity index (χ1) is 10.1. The fourth-order valence-corrected chi connectivity index (χ4v) is 3.91. The van der Waals surface area contributed by atoms with E-state index in [0.717, 1.165) is 14.6 Å².